The molecule has 0 aromatic carbocycles. The van der Waals surface area contributed by atoms with E-state index in [9.17, 15) is 0 Å². The predicted octanol–water partition coefficient (Wildman–Crippen LogP) is 0.980. The van der Waals surface area contributed by atoms with Crippen LogP contribution >= 0.6 is 0 Å². The largest absolute Gasteiger partial charge is 0.266 e. The lowest BCUT2D eigenvalue weighted by molar-refractivity contribution is 0.782. The fourth-order valence-electron chi connectivity index (χ4n) is 1.31. The first kappa shape index (κ1) is 7.21. The van der Waals surface area contributed by atoms with Crippen LogP contribution in [0.5, 0.6) is 0 Å². The molecule has 0 unspecified atom stereocenters. The number of aromatic nitrogens is 4. The molecule has 0 radical (unpaired) electrons. The Balaban J connectivity index is 2.90. The SMILES string of the molecule is Cc1cc2c(nn1)c(C)nn2C. The maximum Gasteiger partial charge on any atom is 0.134 e. The first-order chi connectivity index (χ1) is 5.68. The van der Waals surface area contributed by atoms with Gasteiger partial charge in [0.15, 0.2) is 0 Å². The summed E-state index contributed by atoms with van der Waals surface area (Å²) in [4.78, 5) is 0. The van der Waals surface area contributed by atoms with Crippen LogP contribution in [-0.2, 0) is 7.05 Å². The molecule has 0 atom stereocenters. The van der Waals surface area contributed by atoms with Crippen LogP contribution in [0.2, 0.25) is 0 Å². The average Bonchev–Trinajstić information content (AvgIpc) is 2.28. The predicted molar refractivity (Wildman–Crippen MR) is 45.8 cm³/mol. The highest BCUT2D eigenvalue weighted by atomic mass is 15.3. The number of fused-ring (bicyclic) bond motifs is 1. The van der Waals surface area contributed by atoms with Gasteiger partial charge in [-0.3, -0.25) is 4.68 Å². The molecule has 4 nitrogen and oxygen atoms in total. The maximum atomic E-state index is 4.25. The molecule has 0 bridgehead atoms. The third kappa shape index (κ3) is 0.879. The third-order valence-corrected chi connectivity index (χ3v) is 1.89. The zero-order valence-electron chi connectivity index (χ0n) is 7.37. The van der Waals surface area contributed by atoms with Crippen LogP contribution in [0.15, 0.2) is 6.07 Å². The second kappa shape index (κ2) is 2.27. The minimum atomic E-state index is 0.892. The summed E-state index contributed by atoms with van der Waals surface area (Å²) in [7, 11) is 1.91. The van der Waals surface area contributed by atoms with Crippen molar-refractivity contribution in [2.75, 3.05) is 0 Å². The van der Waals surface area contributed by atoms with Crippen LogP contribution in [0, 0.1) is 13.8 Å². The van der Waals surface area contributed by atoms with E-state index in [2.05, 4.69) is 15.3 Å². The Labute approximate surface area is 70.2 Å². The highest BCUT2D eigenvalue weighted by molar-refractivity contribution is 5.76. The standard InChI is InChI=1S/C8H10N4/c1-5-4-7-8(10-9-5)6(2)11-12(7)3/h4H,1-3H3. The first-order valence-electron chi connectivity index (χ1n) is 3.82. The summed E-state index contributed by atoms with van der Waals surface area (Å²) in [6.07, 6.45) is 0. The zero-order valence-corrected chi connectivity index (χ0v) is 7.37. The summed E-state index contributed by atoms with van der Waals surface area (Å²) < 4.78 is 1.83. The Kier molecular flexibility index (Phi) is 1.36. The van der Waals surface area contributed by atoms with E-state index in [-0.39, 0.29) is 0 Å². The Morgan fingerprint density at radius 2 is 2.00 bits per heavy atom. The van der Waals surface area contributed by atoms with Gasteiger partial charge in [-0.25, -0.2) is 0 Å². The molecule has 0 aliphatic carbocycles. The summed E-state index contributed by atoms with van der Waals surface area (Å²) in [5.74, 6) is 0. The molecule has 0 amide bonds. The summed E-state index contributed by atoms with van der Waals surface area (Å²) in [5.41, 5.74) is 3.79. The van der Waals surface area contributed by atoms with E-state index < -0.39 is 0 Å². The van der Waals surface area contributed by atoms with Gasteiger partial charge in [-0.2, -0.15) is 10.2 Å². The van der Waals surface area contributed by atoms with E-state index in [1.54, 1.807) is 0 Å². The normalized spacial score (nSPS) is 10.9. The summed E-state index contributed by atoms with van der Waals surface area (Å²) >= 11 is 0. The van der Waals surface area contributed by atoms with Crippen molar-refractivity contribution in [3.8, 4) is 0 Å². The van der Waals surface area contributed by atoms with Crippen LogP contribution in [0.1, 0.15) is 11.4 Å². The van der Waals surface area contributed by atoms with Crippen LogP contribution < -0.4 is 0 Å². The first-order valence-corrected chi connectivity index (χ1v) is 3.82. The van der Waals surface area contributed by atoms with E-state index in [1.165, 1.54) is 0 Å². The number of aryl methyl sites for hydroxylation is 3. The molecule has 2 aromatic rings. The van der Waals surface area contributed by atoms with Gasteiger partial charge in [0, 0.05) is 7.05 Å². The Morgan fingerprint density at radius 3 is 2.75 bits per heavy atom. The van der Waals surface area contributed by atoms with E-state index in [0.29, 0.717) is 0 Å². The van der Waals surface area contributed by atoms with Crippen LogP contribution in [0.4, 0.5) is 0 Å². The molecule has 62 valence electrons. The zero-order chi connectivity index (χ0) is 8.72. The third-order valence-electron chi connectivity index (χ3n) is 1.89. The molecule has 0 saturated carbocycles. The minimum Gasteiger partial charge on any atom is -0.266 e. The monoisotopic (exact) mass is 162 g/mol. The van der Waals surface area contributed by atoms with E-state index >= 15 is 0 Å². The molecule has 0 aliphatic rings. The van der Waals surface area contributed by atoms with E-state index in [1.807, 2.05) is 31.6 Å². The topological polar surface area (TPSA) is 43.6 Å². The van der Waals surface area contributed by atoms with Crippen molar-refractivity contribution in [3.63, 3.8) is 0 Å². The smallest absolute Gasteiger partial charge is 0.134 e. The van der Waals surface area contributed by atoms with Crippen molar-refractivity contribution in [2.24, 2.45) is 7.05 Å². The molecular formula is C8H10N4. The molecule has 4 heteroatoms. The summed E-state index contributed by atoms with van der Waals surface area (Å²) in [5, 5.41) is 12.3. The van der Waals surface area contributed by atoms with Crippen molar-refractivity contribution in [1.29, 1.82) is 0 Å². The molecule has 0 fully saturated rings. The lowest BCUT2D eigenvalue weighted by Gasteiger charge is -1.92. The number of hydrogen-bond acceptors (Lipinski definition) is 3. The van der Waals surface area contributed by atoms with Gasteiger partial charge in [0.2, 0.25) is 0 Å². The second-order valence-corrected chi connectivity index (χ2v) is 2.93. The fraction of sp³-hybridized carbons (Fsp3) is 0.375. The quantitative estimate of drug-likeness (QED) is 0.580. The van der Waals surface area contributed by atoms with Crippen LogP contribution in [-0.4, -0.2) is 20.0 Å². The molecule has 0 spiro atoms. The summed E-state index contributed by atoms with van der Waals surface area (Å²) in [6, 6.07) is 1.99. The highest BCUT2D eigenvalue weighted by Crippen LogP contribution is 2.13. The van der Waals surface area contributed by atoms with Crippen molar-refractivity contribution in [2.45, 2.75) is 13.8 Å². The summed E-state index contributed by atoms with van der Waals surface area (Å²) in [6.45, 7) is 3.86. The van der Waals surface area contributed by atoms with Crippen molar-refractivity contribution >= 4 is 11.0 Å². The lowest BCUT2D eigenvalue weighted by Crippen LogP contribution is -1.91. The minimum absolute atomic E-state index is 0.892. The molecule has 2 rings (SSSR count). The maximum absolute atomic E-state index is 4.25. The molecule has 12 heavy (non-hydrogen) atoms. The van der Waals surface area contributed by atoms with Gasteiger partial charge in [-0.05, 0) is 19.9 Å². The van der Waals surface area contributed by atoms with E-state index in [4.69, 9.17) is 0 Å². The van der Waals surface area contributed by atoms with Gasteiger partial charge in [-0.1, -0.05) is 0 Å². The number of hydrogen-bond donors (Lipinski definition) is 0. The molecule has 0 saturated heterocycles. The fourth-order valence-corrected chi connectivity index (χ4v) is 1.31. The average molecular weight is 162 g/mol. The van der Waals surface area contributed by atoms with Gasteiger partial charge >= 0.3 is 0 Å². The van der Waals surface area contributed by atoms with Gasteiger partial charge in [0.1, 0.15) is 5.52 Å². The van der Waals surface area contributed by atoms with Crippen molar-refractivity contribution < 1.29 is 0 Å². The molecule has 0 N–H and O–H groups in total. The van der Waals surface area contributed by atoms with Gasteiger partial charge in [0.05, 0.1) is 16.9 Å². The van der Waals surface area contributed by atoms with Crippen molar-refractivity contribution in [1.82, 2.24) is 20.0 Å². The number of nitrogens with zero attached hydrogens (tertiary/aromatic N) is 4. The molecule has 2 heterocycles. The van der Waals surface area contributed by atoms with Gasteiger partial charge in [-0.15, -0.1) is 5.10 Å². The lowest BCUT2D eigenvalue weighted by atomic mass is 10.3. The van der Waals surface area contributed by atoms with Gasteiger partial charge < -0.3 is 0 Å². The Bertz CT molecular complexity index is 430. The Morgan fingerprint density at radius 1 is 1.25 bits per heavy atom. The Hall–Kier alpha value is -1.45. The molecule has 2 aromatic heterocycles. The van der Waals surface area contributed by atoms with Crippen molar-refractivity contribution in [3.05, 3.63) is 17.5 Å². The van der Waals surface area contributed by atoms with Crippen LogP contribution in [0.3, 0.4) is 0 Å². The van der Waals surface area contributed by atoms with Crippen LogP contribution in [0.25, 0.3) is 11.0 Å². The van der Waals surface area contributed by atoms with Gasteiger partial charge in [0.25, 0.3) is 0 Å². The number of rotatable bonds is 0. The molecule has 0 aliphatic heterocycles. The highest BCUT2D eigenvalue weighted by Gasteiger charge is 2.05. The van der Waals surface area contributed by atoms with E-state index in [0.717, 1.165) is 22.4 Å². The molecular weight excluding hydrogens is 152 g/mol. The second-order valence-electron chi connectivity index (χ2n) is 2.93.